The van der Waals surface area contributed by atoms with E-state index in [1.54, 1.807) is 12.4 Å². The Labute approximate surface area is 210 Å². The van der Waals surface area contributed by atoms with Gasteiger partial charge in [0.15, 0.2) is 23.5 Å². The molecule has 2 aliphatic heterocycles. The molecular formula is C25H36N6O5. The molecule has 5 rings (SSSR count). The lowest BCUT2D eigenvalue weighted by atomic mass is 9.78. The molecule has 2 aromatic heterocycles. The maximum atomic E-state index is 11.6. The van der Waals surface area contributed by atoms with E-state index in [2.05, 4.69) is 33.7 Å². The molecule has 2 N–H and O–H groups in total. The molecule has 196 valence electrons. The predicted octanol–water partition coefficient (Wildman–Crippen LogP) is 2.43. The van der Waals surface area contributed by atoms with E-state index in [0.29, 0.717) is 48.1 Å². The number of allylic oxidation sites excluding steroid dienone is 1. The number of imidazole rings is 1. The molecule has 2 aromatic rings. The lowest BCUT2D eigenvalue weighted by Crippen LogP contribution is -2.52. The fourth-order valence-electron chi connectivity index (χ4n) is 5.54. The van der Waals surface area contributed by atoms with Gasteiger partial charge in [-0.1, -0.05) is 6.08 Å². The Balaban J connectivity index is 1.31. The van der Waals surface area contributed by atoms with Crippen LogP contribution in [0.3, 0.4) is 0 Å². The first kappa shape index (κ1) is 25.1. The number of aromatic nitrogens is 4. The van der Waals surface area contributed by atoms with E-state index in [9.17, 15) is 4.79 Å². The summed E-state index contributed by atoms with van der Waals surface area (Å²) in [5.74, 6) is -0.296. The first-order valence-electron chi connectivity index (χ1n) is 12.7. The highest BCUT2D eigenvalue weighted by atomic mass is 16.8. The van der Waals surface area contributed by atoms with E-state index < -0.39 is 12.0 Å². The third-order valence-electron chi connectivity index (χ3n) is 7.25. The van der Waals surface area contributed by atoms with E-state index in [4.69, 9.17) is 24.7 Å². The lowest BCUT2D eigenvalue weighted by Gasteiger charge is -2.45. The third-order valence-corrected chi connectivity index (χ3v) is 7.25. The number of rotatable bonds is 8. The number of hydrogen-bond donors (Lipinski definition) is 1. The molecule has 3 aliphatic rings. The number of anilines is 1. The van der Waals surface area contributed by atoms with E-state index in [0.717, 1.165) is 12.8 Å². The van der Waals surface area contributed by atoms with Crippen LogP contribution >= 0.6 is 0 Å². The van der Waals surface area contributed by atoms with Gasteiger partial charge in [-0.25, -0.2) is 19.7 Å². The van der Waals surface area contributed by atoms with Crippen molar-refractivity contribution in [3.05, 3.63) is 24.8 Å². The minimum atomic E-state index is -0.720. The number of carbonyl (C=O) groups is 1. The minimum Gasteiger partial charge on any atom is -0.463 e. The van der Waals surface area contributed by atoms with Crippen LogP contribution in [0.5, 0.6) is 0 Å². The van der Waals surface area contributed by atoms with Gasteiger partial charge in [-0.05, 0) is 53.4 Å². The topological polar surface area (TPSA) is 127 Å². The summed E-state index contributed by atoms with van der Waals surface area (Å²) in [6.45, 7) is 11.2. The predicted molar refractivity (Wildman–Crippen MR) is 132 cm³/mol. The van der Waals surface area contributed by atoms with Crippen LogP contribution in [0.15, 0.2) is 24.8 Å². The van der Waals surface area contributed by atoms with Crippen LogP contribution in [0.1, 0.15) is 53.7 Å². The molecule has 1 saturated carbocycles. The second-order valence-electron chi connectivity index (χ2n) is 10.5. The fraction of sp³-hybridized carbons (Fsp3) is 0.680. The zero-order valence-corrected chi connectivity index (χ0v) is 21.5. The summed E-state index contributed by atoms with van der Waals surface area (Å²) in [6, 6.07) is 0.725. The second-order valence-corrected chi connectivity index (χ2v) is 10.5. The lowest BCUT2D eigenvalue weighted by molar-refractivity contribution is -0.199. The van der Waals surface area contributed by atoms with Crippen molar-refractivity contribution < 1.29 is 23.7 Å². The standard InChI is InChI=1S/C25H36N6O5/c1-6-33-18(32)8-7-15-9-16(10-15)30(14(2)3)11-17-20-21(36-25(4,5)35-20)24(34-17)31-13-29-19-22(26)27-12-28-23(19)31/h7-8,12-17,20-21,24H,6,9-11H2,1-5H3,(H2,26,27,28)/b8-7+/t15-,16-,17-,20-,21-,24-/m1/s1. The first-order valence-corrected chi connectivity index (χ1v) is 12.7. The van der Waals surface area contributed by atoms with Crippen molar-refractivity contribution in [3.63, 3.8) is 0 Å². The molecule has 0 spiro atoms. The average Bonchev–Trinajstić information content (AvgIpc) is 3.43. The van der Waals surface area contributed by atoms with Gasteiger partial charge in [-0.15, -0.1) is 0 Å². The number of nitrogen functional groups attached to an aromatic ring is 1. The Morgan fingerprint density at radius 1 is 1.28 bits per heavy atom. The monoisotopic (exact) mass is 500 g/mol. The second kappa shape index (κ2) is 9.70. The van der Waals surface area contributed by atoms with E-state index in [-0.39, 0.29) is 24.3 Å². The van der Waals surface area contributed by atoms with Crippen LogP contribution in [0, 0.1) is 5.92 Å². The van der Waals surface area contributed by atoms with Gasteiger partial charge < -0.3 is 24.7 Å². The van der Waals surface area contributed by atoms with Gasteiger partial charge in [-0.2, -0.15) is 0 Å². The number of esters is 1. The highest BCUT2D eigenvalue weighted by Gasteiger charge is 2.56. The van der Waals surface area contributed by atoms with Gasteiger partial charge in [0.1, 0.15) is 30.2 Å². The quantitative estimate of drug-likeness (QED) is 0.426. The normalized spacial score (nSPS) is 31.4. The number of nitrogens with two attached hydrogens (primary N) is 1. The number of ether oxygens (including phenoxy) is 4. The molecule has 0 aromatic carbocycles. The fourth-order valence-corrected chi connectivity index (χ4v) is 5.54. The van der Waals surface area contributed by atoms with Crippen molar-refractivity contribution in [2.24, 2.45) is 5.92 Å². The summed E-state index contributed by atoms with van der Waals surface area (Å²) in [4.78, 5) is 27.0. The molecule has 0 amide bonds. The van der Waals surface area contributed by atoms with Crippen molar-refractivity contribution >= 4 is 23.0 Å². The van der Waals surface area contributed by atoms with Crippen molar-refractivity contribution in [2.45, 2.75) is 89.9 Å². The third kappa shape index (κ3) is 4.72. The van der Waals surface area contributed by atoms with Crippen molar-refractivity contribution in [3.8, 4) is 0 Å². The molecule has 1 aliphatic carbocycles. The van der Waals surface area contributed by atoms with Gasteiger partial charge in [-0.3, -0.25) is 9.47 Å². The van der Waals surface area contributed by atoms with Gasteiger partial charge in [0, 0.05) is 24.7 Å². The molecule has 11 heteroatoms. The Kier molecular flexibility index (Phi) is 6.75. The average molecular weight is 501 g/mol. The SMILES string of the molecule is CCOC(=O)/C=C/[C@H]1C[C@H](N(C[C@H]2O[C@@H](n3cnc4c(N)ncnc43)[C@@H]3OC(C)(C)O[C@@H]32)C(C)C)C1. The molecular weight excluding hydrogens is 464 g/mol. The smallest absolute Gasteiger partial charge is 0.330 e. The zero-order chi connectivity index (χ0) is 25.6. The molecule has 0 unspecified atom stereocenters. The van der Waals surface area contributed by atoms with Crippen LogP contribution < -0.4 is 5.73 Å². The minimum absolute atomic E-state index is 0.199. The zero-order valence-electron chi connectivity index (χ0n) is 21.5. The van der Waals surface area contributed by atoms with Gasteiger partial charge >= 0.3 is 5.97 Å². The Bertz CT molecular complexity index is 1130. The van der Waals surface area contributed by atoms with Gasteiger partial charge in [0.2, 0.25) is 0 Å². The summed E-state index contributed by atoms with van der Waals surface area (Å²) in [7, 11) is 0. The summed E-state index contributed by atoms with van der Waals surface area (Å²) in [5.41, 5.74) is 7.15. The highest BCUT2D eigenvalue weighted by Crippen LogP contribution is 2.45. The molecule has 11 nitrogen and oxygen atoms in total. The molecule has 0 bridgehead atoms. The van der Waals surface area contributed by atoms with E-state index in [1.807, 2.05) is 31.4 Å². The van der Waals surface area contributed by atoms with Crippen molar-refractivity contribution in [1.82, 2.24) is 24.4 Å². The summed E-state index contributed by atoms with van der Waals surface area (Å²) < 4.78 is 26.1. The molecule has 2 saturated heterocycles. The number of fused-ring (bicyclic) bond motifs is 2. The number of nitrogens with zero attached hydrogens (tertiary/aromatic N) is 5. The first-order chi connectivity index (χ1) is 17.2. The van der Waals surface area contributed by atoms with E-state index in [1.165, 1.54) is 6.33 Å². The maximum absolute atomic E-state index is 11.6. The Morgan fingerprint density at radius 2 is 2.03 bits per heavy atom. The van der Waals surface area contributed by atoms with Gasteiger partial charge in [0.05, 0.1) is 12.9 Å². The van der Waals surface area contributed by atoms with Crippen LogP contribution in [0.2, 0.25) is 0 Å². The molecule has 3 fully saturated rings. The highest BCUT2D eigenvalue weighted by molar-refractivity contribution is 5.82. The summed E-state index contributed by atoms with van der Waals surface area (Å²) in [6.07, 6.45) is 7.42. The molecule has 0 radical (unpaired) electrons. The van der Waals surface area contributed by atoms with Crippen LogP contribution in [-0.2, 0) is 23.7 Å². The number of hydrogen-bond acceptors (Lipinski definition) is 10. The Hall–Kier alpha value is -2.60. The Morgan fingerprint density at radius 3 is 2.75 bits per heavy atom. The number of carbonyl (C=O) groups excluding carboxylic acids is 1. The molecule has 4 atom stereocenters. The van der Waals surface area contributed by atoms with Crippen molar-refractivity contribution in [1.29, 1.82) is 0 Å². The van der Waals surface area contributed by atoms with Gasteiger partial charge in [0.25, 0.3) is 0 Å². The van der Waals surface area contributed by atoms with E-state index >= 15 is 0 Å². The maximum Gasteiger partial charge on any atom is 0.330 e. The largest absolute Gasteiger partial charge is 0.463 e. The van der Waals surface area contributed by atoms with Crippen molar-refractivity contribution in [2.75, 3.05) is 18.9 Å². The van der Waals surface area contributed by atoms with Crippen LogP contribution in [-0.4, -0.2) is 79.7 Å². The molecule has 36 heavy (non-hydrogen) atoms. The summed E-state index contributed by atoms with van der Waals surface area (Å²) >= 11 is 0. The van der Waals surface area contributed by atoms with Crippen LogP contribution in [0.25, 0.3) is 11.2 Å². The van der Waals surface area contributed by atoms with Crippen LogP contribution in [0.4, 0.5) is 5.82 Å². The summed E-state index contributed by atoms with van der Waals surface area (Å²) in [5, 5.41) is 0. The molecule has 4 heterocycles.